The van der Waals surface area contributed by atoms with Crippen LogP contribution in [0.1, 0.15) is 35.4 Å². The molecule has 0 aliphatic carbocycles. The summed E-state index contributed by atoms with van der Waals surface area (Å²) in [6, 6.07) is 5.42. The summed E-state index contributed by atoms with van der Waals surface area (Å²) in [7, 11) is 0. The van der Waals surface area contributed by atoms with Crippen molar-refractivity contribution in [3.63, 3.8) is 0 Å². The molecule has 9 heteroatoms. The summed E-state index contributed by atoms with van der Waals surface area (Å²) in [5.74, 6) is -1.42. The number of nitrogens with zero attached hydrogens (tertiary/aromatic N) is 3. The van der Waals surface area contributed by atoms with E-state index >= 15 is 0 Å². The van der Waals surface area contributed by atoms with Crippen LogP contribution in [0.4, 0.5) is 4.39 Å². The van der Waals surface area contributed by atoms with E-state index in [1.165, 1.54) is 18.2 Å². The molecule has 0 bridgehead atoms. The lowest BCUT2D eigenvalue weighted by molar-refractivity contribution is -0.122. The summed E-state index contributed by atoms with van der Waals surface area (Å²) in [6.07, 6.45) is 3.62. The molecule has 1 aromatic carbocycles. The molecule has 2 heterocycles. The molecular weight excluding hydrogens is 329 g/mol. The fourth-order valence-corrected chi connectivity index (χ4v) is 2.74. The number of aromatic nitrogens is 3. The number of halogens is 1. The third kappa shape index (κ3) is 3.76. The van der Waals surface area contributed by atoms with E-state index in [0.29, 0.717) is 18.8 Å². The summed E-state index contributed by atoms with van der Waals surface area (Å²) in [6.45, 7) is 0.274. The number of hydrogen-bond acceptors (Lipinski definition) is 4. The maximum absolute atomic E-state index is 13.5. The van der Waals surface area contributed by atoms with Crippen molar-refractivity contribution >= 4 is 11.8 Å². The first-order chi connectivity index (χ1) is 12.1. The van der Waals surface area contributed by atoms with E-state index in [9.17, 15) is 18.8 Å². The van der Waals surface area contributed by atoms with Gasteiger partial charge in [0.25, 0.3) is 11.8 Å². The highest BCUT2D eigenvalue weighted by atomic mass is 19.1. The molecule has 1 aromatic heterocycles. The summed E-state index contributed by atoms with van der Waals surface area (Å²) >= 11 is 0. The zero-order chi connectivity index (χ0) is 17.8. The minimum absolute atomic E-state index is 0.186. The summed E-state index contributed by atoms with van der Waals surface area (Å²) in [4.78, 5) is 36.0. The van der Waals surface area contributed by atoms with Crippen LogP contribution in [0.25, 0.3) is 0 Å². The van der Waals surface area contributed by atoms with E-state index in [2.05, 4.69) is 16.0 Å². The smallest absolute Gasteiger partial charge is 0.279 e. The number of hydrazine groups is 1. The van der Waals surface area contributed by atoms with Crippen molar-refractivity contribution in [3.8, 4) is 0 Å². The van der Waals surface area contributed by atoms with Gasteiger partial charge in [0, 0.05) is 13.0 Å². The molecule has 8 nitrogen and oxygen atoms in total. The lowest BCUT2D eigenvalue weighted by Gasteiger charge is -2.07. The molecule has 0 spiro atoms. The van der Waals surface area contributed by atoms with E-state index < -0.39 is 17.6 Å². The van der Waals surface area contributed by atoms with Crippen LogP contribution in [-0.2, 0) is 24.3 Å². The van der Waals surface area contributed by atoms with Crippen molar-refractivity contribution in [2.75, 3.05) is 0 Å². The standard InChI is InChI=1S/C16H18FN5O3/c17-12-7-4-3-6-11(12)15(24)19-18-14(23)10-22-16(25)21-9-5-1-2-8-13(21)20-22/h3-4,6-7H,1-2,5,8-10H2,(H,18,23)(H,19,24). The van der Waals surface area contributed by atoms with Gasteiger partial charge in [0.05, 0.1) is 5.56 Å². The second kappa shape index (κ2) is 7.29. The number of benzene rings is 1. The van der Waals surface area contributed by atoms with Gasteiger partial charge in [-0.2, -0.15) is 5.10 Å². The first-order valence-corrected chi connectivity index (χ1v) is 8.06. The van der Waals surface area contributed by atoms with Crippen molar-refractivity contribution in [3.05, 3.63) is 52.0 Å². The molecular formula is C16H18FN5O3. The van der Waals surface area contributed by atoms with Crippen LogP contribution >= 0.6 is 0 Å². The molecule has 0 fully saturated rings. The van der Waals surface area contributed by atoms with Crippen LogP contribution in [0.15, 0.2) is 29.1 Å². The maximum atomic E-state index is 13.5. The minimum atomic E-state index is -0.778. The second-order valence-corrected chi connectivity index (χ2v) is 5.80. The number of carbonyl (C=O) groups is 2. The largest absolute Gasteiger partial charge is 0.346 e. The van der Waals surface area contributed by atoms with Crippen molar-refractivity contribution in [2.45, 2.75) is 38.8 Å². The summed E-state index contributed by atoms with van der Waals surface area (Å²) < 4.78 is 16.2. The highest BCUT2D eigenvalue weighted by Crippen LogP contribution is 2.10. The molecule has 132 valence electrons. The van der Waals surface area contributed by atoms with Crippen LogP contribution in [0.3, 0.4) is 0 Å². The molecule has 2 N–H and O–H groups in total. The Hall–Kier alpha value is -2.97. The van der Waals surface area contributed by atoms with Gasteiger partial charge in [-0.05, 0) is 25.0 Å². The highest BCUT2D eigenvalue weighted by Gasteiger charge is 2.18. The van der Waals surface area contributed by atoms with Gasteiger partial charge in [-0.1, -0.05) is 18.6 Å². The molecule has 3 rings (SSSR count). The molecule has 25 heavy (non-hydrogen) atoms. The topological polar surface area (TPSA) is 98.0 Å². The third-order valence-corrected chi connectivity index (χ3v) is 4.01. The van der Waals surface area contributed by atoms with Gasteiger partial charge in [0.15, 0.2) is 0 Å². The number of amides is 2. The normalized spacial score (nSPS) is 13.6. The first kappa shape index (κ1) is 16.9. The van der Waals surface area contributed by atoms with E-state index in [1.807, 2.05) is 0 Å². The zero-order valence-corrected chi connectivity index (χ0v) is 13.5. The molecule has 0 radical (unpaired) electrons. The fraction of sp³-hybridized carbons (Fsp3) is 0.375. The van der Waals surface area contributed by atoms with Crippen molar-refractivity contribution in [2.24, 2.45) is 0 Å². The van der Waals surface area contributed by atoms with E-state index in [0.717, 1.165) is 30.0 Å². The predicted molar refractivity (Wildman–Crippen MR) is 86.1 cm³/mol. The Bertz CT molecular complexity index is 858. The number of nitrogens with one attached hydrogen (secondary N) is 2. The van der Waals surface area contributed by atoms with Gasteiger partial charge in [-0.3, -0.25) is 25.0 Å². The van der Waals surface area contributed by atoms with Crippen LogP contribution in [0, 0.1) is 5.82 Å². The van der Waals surface area contributed by atoms with Crippen molar-refractivity contribution < 1.29 is 14.0 Å². The fourth-order valence-electron chi connectivity index (χ4n) is 2.74. The Morgan fingerprint density at radius 1 is 1.16 bits per heavy atom. The van der Waals surface area contributed by atoms with Crippen LogP contribution in [-0.4, -0.2) is 26.2 Å². The van der Waals surface area contributed by atoms with Crippen LogP contribution in [0.5, 0.6) is 0 Å². The number of rotatable bonds is 3. The molecule has 0 saturated heterocycles. The maximum Gasteiger partial charge on any atom is 0.346 e. The Morgan fingerprint density at radius 2 is 1.96 bits per heavy atom. The zero-order valence-electron chi connectivity index (χ0n) is 13.5. The summed E-state index contributed by atoms with van der Waals surface area (Å²) in [5, 5.41) is 4.18. The first-order valence-electron chi connectivity index (χ1n) is 8.06. The van der Waals surface area contributed by atoms with Gasteiger partial charge in [-0.25, -0.2) is 13.9 Å². The minimum Gasteiger partial charge on any atom is -0.279 e. The van der Waals surface area contributed by atoms with Crippen LogP contribution in [0.2, 0.25) is 0 Å². The second-order valence-electron chi connectivity index (χ2n) is 5.80. The van der Waals surface area contributed by atoms with Gasteiger partial charge in [0.1, 0.15) is 18.2 Å². The Balaban J connectivity index is 1.61. The van der Waals surface area contributed by atoms with E-state index in [4.69, 9.17) is 0 Å². The Kier molecular flexibility index (Phi) is 4.92. The summed E-state index contributed by atoms with van der Waals surface area (Å²) in [5.41, 5.74) is 3.76. The van der Waals surface area contributed by atoms with E-state index in [-0.39, 0.29) is 17.8 Å². The number of carbonyl (C=O) groups excluding carboxylic acids is 2. The number of fused-ring (bicyclic) bond motifs is 1. The molecule has 2 amide bonds. The predicted octanol–water partition coefficient (Wildman–Crippen LogP) is 0.371. The molecule has 0 saturated carbocycles. The van der Waals surface area contributed by atoms with Gasteiger partial charge in [-0.15, -0.1) is 0 Å². The Labute approximate surface area is 142 Å². The molecule has 2 aromatic rings. The Morgan fingerprint density at radius 3 is 2.76 bits per heavy atom. The lowest BCUT2D eigenvalue weighted by Crippen LogP contribution is -2.44. The quantitative estimate of drug-likeness (QED) is 0.784. The third-order valence-electron chi connectivity index (χ3n) is 4.01. The van der Waals surface area contributed by atoms with Crippen molar-refractivity contribution in [1.29, 1.82) is 0 Å². The van der Waals surface area contributed by atoms with Crippen molar-refractivity contribution in [1.82, 2.24) is 25.2 Å². The van der Waals surface area contributed by atoms with Gasteiger partial charge in [0.2, 0.25) is 0 Å². The molecule has 1 aliphatic rings. The average Bonchev–Trinajstić information content (AvgIpc) is 2.77. The van der Waals surface area contributed by atoms with Gasteiger partial charge >= 0.3 is 5.69 Å². The number of aryl methyl sites for hydroxylation is 1. The molecule has 1 aliphatic heterocycles. The lowest BCUT2D eigenvalue weighted by atomic mass is 10.2. The highest BCUT2D eigenvalue weighted by molar-refractivity contribution is 5.95. The monoisotopic (exact) mass is 347 g/mol. The molecule has 0 atom stereocenters. The number of hydrogen-bond donors (Lipinski definition) is 2. The van der Waals surface area contributed by atoms with Crippen LogP contribution < -0.4 is 16.5 Å². The van der Waals surface area contributed by atoms with E-state index in [1.54, 1.807) is 4.57 Å². The van der Waals surface area contributed by atoms with Gasteiger partial charge < -0.3 is 0 Å². The SMILES string of the molecule is O=C(Cn1nc2n(c1=O)CCCCC2)NNC(=O)c1ccccc1F. The average molecular weight is 347 g/mol. The molecule has 0 unspecified atom stereocenters.